The summed E-state index contributed by atoms with van der Waals surface area (Å²) < 4.78 is 10.5. The molecule has 110 valence electrons. The van der Waals surface area contributed by atoms with Crippen LogP contribution in [-0.2, 0) is 14.3 Å². The van der Waals surface area contributed by atoms with Crippen LogP contribution in [0.15, 0.2) is 22.7 Å². The summed E-state index contributed by atoms with van der Waals surface area (Å²) in [5, 5.41) is 11.3. The van der Waals surface area contributed by atoms with E-state index in [1.807, 2.05) is 19.1 Å². The fourth-order valence-electron chi connectivity index (χ4n) is 1.42. The van der Waals surface area contributed by atoms with Crippen LogP contribution < -0.4 is 10.1 Å². The van der Waals surface area contributed by atoms with E-state index in [4.69, 9.17) is 9.84 Å². The highest BCUT2D eigenvalue weighted by molar-refractivity contribution is 9.10. The van der Waals surface area contributed by atoms with Gasteiger partial charge in [0.25, 0.3) is 5.91 Å². The maximum Gasteiger partial charge on any atom is 0.330 e. The predicted octanol–water partition coefficient (Wildman–Crippen LogP) is 0.786. The number of aliphatic hydroxyl groups excluding tert-OH is 1. The van der Waals surface area contributed by atoms with Crippen molar-refractivity contribution in [2.45, 2.75) is 13.0 Å². The Morgan fingerprint density at radius 1 is 1.45 bits per heavy atom. The Labute approximate surface area is 125 Å². The molecule has 0 saturated carbocycles. The normalized spacial score (nSPS) is 11.6. The first-order valence-electron chi connectivity index (χ1n) is 5.85. The van der Waals surface area contributed by atoms with Crippen molar-refractivity contribution >= 4 is 27.8 Å². The van der Waals surface area contributed by atoms with Gasteiger partial charge in [-0.25, -0.2) is 4.79 Å². The van der Waals surface area contributed by atoms with Crippen LogP contribution in [-0.4, -0.2) is 43.3 Å². The van der Waals surface area contributed by atoms with Crippen LogP contribution in [0.4, 0.5) is 0 Å². The van der Waals surface area contributed by atoms with Crippen molar-refractivity contribution in [3.05, 3.63) is 28.2 Å². The molecule has 0 aliphatic carbocycles. The number of hydrogen-bond donors (Lipinski definition) is 2. The van der Waals surface area contributed by atoms with Crippen LogP contribution in [0.1, 0.15) is 5.56 Å². The number of carbonyl (C=O) groups excluding carboxylic acids is 2. The summed E-state index contributed by atoms with van der Waals surface area (Å²) in [6.45, 7) is 1.13. The van der Waals surface area contributed by atoms with Gasteiger partial charge in [0.1, 0.15) is 5.75 Å². The highest BCUT2D eigenvalue weighted by Gasteiger charge is 2.20. The molecule has 0 aliphatic rings. The number of aliphatic hydroxyl groups is 1. The van der Waals surface area contributed by atoms with E-state index in [1.165, 1.54) is 7.11 Å². The number of halogens is 1. The number of benzene rings is 1. The van der Waals surface area contributed by atoms with Crippen molar-refractivity contribution in [2.75, 3.05) is 20.3 Å². The third-order valence-electron chi connectivity index (χ3n) is 2.45. The van der Waals surface area contributed by atoms with Gasteiger partial charge in [-0.3, -0.25) is 4.79 Å². The number of nitrogens with one attached hydrogen (secondary N) is 1. The van der Waals surface area contributed by atoms with Gasteiger partial charge >= 0.3 is 5.97 Å². The summed E-state index contributed by atoms with van der Waals surface area (Å²) in [5.41, 5.74) is 1.06. The zero-order valence-electron chi connectivity index (χ0n) is 11.2. The first-order chi connectivity index (χ1) is 9.47. The predicted molar refractivity (Wildman–Crippen MR) is 75.4 cm³/mol. The average Bonchev–Trinajstić information content (AvgIpc) is 2.43. The Hall–Kier alpha value is -1.60. The number of esters is 1. The number of rotatable bonds is 6. The van der Waals surface area contributed by atoms with Gasteiger partial charge in [0, 0.05) is 0 Å². The van der Waals surface area contributed by atoms with E-state index in [0.29, 0.717) is 5.75 Å². The molecular weight excluding hydrogens is 330 g/mol. The van der Waals surface area contributed by atoms with Crippen LogP contribution >= 0.6 is 15.9 Å². The average molecular weight is 346 g/mol. The first kappa shape index (κ1) is 16.5. The van der Waals surface area contributed by atoms with Crippen molar-refractivity contribution in [3.63, 3.8) is 0 Å². The molecule has 2 N–H and O–H groups in total. The van der Waals surface area contributed by atoms with Crippen LogP contribution in [0.5, 0.6) is 5.75 Å². The molecule has 6 nitrogen and oxygen atoms in total. The van der Waals surface area contributed by atoms with Crippen LogP contribution in [0.2, 0.25) is 0 Å². The van der Waals surface area contributed by atoms with Gasteiger partial charge < -0.3 is 19.9 Å². The highest BCUT2D eigenvalue weighted by atomic mass is 79.9. The maximum absolute atomic E-state index is 11.6. The Balaban J connectivity index is 2.52. The van der Waals surface area contributed by atoms with Crippen LogP contribution in [0.25, 0.3) is 0 Å². The highest BCUT2D eigenvalue weighted by Crippen LogP contribution is 2.25. The lowest BCUT2D eigenvalue weighted by molar-refractivity contribution is -0.146. The molecule has 0 heterocycles. The van der Waals surface area contributed by atoms with Gasteiger partial charge in [-0.05, 0) is 40.5 Å². The van der Waals surface area contributed by atoms with Crippen LogP contribution in [0.3, 0.4) is 0 Å². The lowest BCUT2D eigenvalue weighted by Crippen LogP contribution is -2.45. The quantitative estimate of drug-likeness (QED) is 0.744. The van der Waals surface area contributed by atoms with Crippen molar-refractivity contribution in [2.24, 2.45) is 0 Å². The van der Waals surface area contributed by atoms with Gasteiger partial charge in [-0.2, -0.15) is 0 Å². The minimum Gasteiger partial charge on any atom is -0.483 e. The standard InChI is InChI=1S/C13H16BrNO5/c1-8-3-4-11(9(14)5-8)20-7-12(17)15-10(6-16)13(18)19-2/h3-5,10,16H,6-7H2,1-2H3,(H,15,17). The van der Waals surface area contributed by atoms with Crippen LogP contribution in [0, 0.1) is 6.92 Å². The number of hydrogen-bond acceptors (Lipinski definition) is 5. The molecule has 0 aromatic heterocycles. The molecule has 1 aromatic rings. The monoisotopic (exact) mass is 345 g/mol. The third-order valence-corrected chi connectivity index (χ3v) is 3.07. The van der Waals surface area contributed by atoms with E-state index in [0.717, 1.165) is 10.0 Å². The fourth-order valence-corrected chi connectivity index (χ4v) is 2.03. The smallest absolute Gasteiger partial charge is 0.330 e. The molecule has 7 heteroatoms. The molecule has 0 spiro atoms. The second-order valence-corrected chi connectivity index (χ2v) is 4.90. The van der Waals surface area contributed by atoms with E-state index in [9.17, 15) is 9.59 Å². The molecule has 0 fully saturated rings. The molecule has 0 bridgehead atoms. The van der Waals surface area contributed by atoms with E-state index in [1.54, 1.807) is 6.07 Å². The van der Waals surface area contributed by atoms with Gasteiger partial charge in [0.05, 0.1) is 18.2 Å². The largest absolute Gasteiger partial charge is 0.483 e. The van der Waals surface area contributed by atoms with Crippen molar-refractivity contribution in [1.82, 2.24) is 5.32 Å². The lowest BCUT2D eigenvalue weighted by Gasteiger charge is -2.14. The molecule has 1 atom stereocenters. The number of aryl methyl sites for hydroxylation is 1. The van der Waals surface area contributed by atoms with E-state index in [2.05, 4.69) is 26.0 Å². The Morgan fingerprint density at radius 3 is 2.70 bits per heavy atom. The Morgan fingerprint density at radius 2 is 2.15 bits per heavy atom. The van der Waals surface area contributed by atoms with E-state index in [-0.39, 0.29) is 6.61 Å². The van der Waals surface area contributed by atoms with Gasteiger partial charge in [0.2, 0.25) is 0 Å². The number of ether oxygens (including phenoxy) is 2. The maximum atomic E-state index is 11.6. The molecule has 1 amide bonds. The molecule has 20 heavy (non-hydrogen) atoms. The van der Waals surface area contributed by atoms with E-state index < -0.39 is 24.5 Å². The lowest BCUT2D eigenvalue weighted by atomic mass is 10.2. The molecule has 0 aliphatic heterocycles. The fraction of sp³-hybridized carbons (Fsp3) is 0.385. The summed E-state index contributed by atoms with van der Waals surface area (Å²) in [5.74, 6) is -0.719. The molecule has 1 unspecified atom stereocenters. The zero-order chi connectivity index (χ0) is 15.1. The Kier molecular flexibility index (Phi) is 6.47. The molecular formula is C13H16BrNO5. The molecule has 0 radical (unpaired) electrons. The summed E-state index contributed by atoms with van der Waals surface area (Å²) in [7, 11) is 1.18. The van der Waals surface area contributed by atoms with E-state index >= 15 is 0 Å². The molecule has 1 aromatic carbocycles. The van der Waals surface area contributed by atoms with Gasteiger partial charge in [0.15, 0.2) is 12.6 Å². The van der Waals surface area contributed by atoms with Gasteiger partial charge in [-0.15, -0.1) is 0 Å². The molecule has 0 saturated heterocycles. The minimum absolute atomic E-state index is 0.269. The topological polar surface area (TPSA) is 84.9 Å². The summed E-state index contributed by atoms with van der Waals surface area (Å²) >= 11 is 3.33. The third kappa shape index (κ3) is 4.82. The SMILES string of the molecule is COC(=O)C(CO)NC(=O)COc1ccc(C)cc1Br. The first-order valence-corrected chi connectivity index (χ1v) is 6.64. The summed E-state index contributed by atoms with van der Waals surface area (Å²) in [6, 6.07) is 4.36. The second kappa shape index (κ2) is 7.86. The van der Waals surface area contributed by atoms with Gasteiger partial charge in [-0.1, -0.05) is 6.07 Å². The van der Waals surface area contributed by atoms with Crippen molar-refractivity contribution in [1.29, 1.82) is 0 Å². The zero-order valence-corrected chi connectivity index (χ0v) is 12.8. The van der Waals surface area contributed by atoms with Crippen molar-refractivity contribution in [3.8, 4) is 5.75 Å². The summed E-state index contributed by atoms with van der Waals surface area (Å²) in [6.07, 6.45) is 0. The minimum atomic E-state index is -1.09. The molecule has 1 rings (SSSR count). The van der Waals surface area contributed by atoms with Crippen molar-refractivity contribution < 1.29 is 24.2 Å². The number of methoxy groups -OCH3 is 1. The summed E-state index contributed by atoms with van der Waals surface area (Å²) in [4.78, 5) is 22.8. The number of amides is 1. The Bertz CT molecular complexity index is 492. The second-order valence-electron chi connectivity index (χ2n) is 4.05. The number of carbonyl (C=O) groups is 2.